The van der Waals surface area contributed by atoms with Gasteiger partial charge in [0.05, 0.1) is 48.1 Å². The fraction of sp³-hybridized carbons (Fsp3) is 0.652. The van der Waals surface area contributed by atoms with Crippen LogP contribution in [-0.4, -0.2) is 69.4 Å². The fourth-order valence-electron chi connectivity index (χ4n) is 6.46. The van der Waals surface area contributed by atoms with Gasteiger partial charge in [-0.15, -0.1) is 0 Å². The Labute approximate surface area is 180 Å². The van der Waals surface area contributed by atoms with Crippen LogP contribution in [0.25, 0.3) is 0 Å². The smallest absolute Gasteiger partial charge is 0.236 e. The third-order valence-corrected chi connectivity index (χ3v) is 8.08. The molecule has 9 unspecified atom stereocenters. The number of rotatable bonds is 5. The zero-order valence-electron chi connectivity index (χ0n) is 17.8. The minimum Gasteiger partial charge on any atom is -0.365 e. The van der Waals surface area contributed by atoms with Crippen molar-refractivity contribution in [2.45, 2.75) is 69.6 Å². The maximum Gasteiger partial charge on any atom is 0.236 e. The Hall–Kier alpha value is -2.32. The van der Waals surface area contributed by atoms with E-state index < -0.39 is 29.2 Å². The average molecular weight is 426 g/mol. The lowest BCUT2D eigenvalue weighted by Gasteiger charge is -2.36. The van der Waals surface area contributed by atoms with Crippen molar-refractivity contribution < 1.29 is 28.7 Å². The van der Waals surface area contributed by atoms with Crippen molar-refractivity contribution in [2.75, 3.05) is 0 Å². The molecule has 8 heteroatoms. The van der Waals surface area contributed by atoms with Gasteiger partial charge in [-0.1, -0.05) is 24.3 Å². The van der Waals surface area contributed by atoms with Crippen LogP contribution in [0.2, 0.25) is 0 Å². The first-order valence-corrected chi connectivity index (χ1v) is 11.1. The Kier molecular flexibility index (Phi) is 3.83. The molecule has 0 aliphatic carbocycles. The van der Waals surface area contributed by atoms with E-state index in [-0.39, 0.29) is 54.1 Å². The highest BCUT2D eigenvalue weighted by atomic mass is 16.5. The molecule has 164 valence electrons. The first-order chi connectivity index (χ1) is 14.7. The fourth-order valence-corrected chi connectivity index (χ4v) is 6.46. The summed E-state index contributed by atoms with van der Waals surface area (Å²) in [7, 11) is 0. The molecule has 0 saturated carbocycles. The van der Waals surface area contributed by atoms with Gasteiger partial charge in [0.25, 0.3) is 0 Å². The molecule has 4 fully saturated rings. The molecule has 0 N–H and O–H groups in total. The van der Waals surface area contributed by atoms with E-state index in [2.05, 4.69) is 0 Å². The van der Waals surface area contributed by atoms with E-state index in [9.17, 15) is 19.2 Å². The summed E-state index contributed by atoms with van der Waals surface area (Å²) >= 11 is 0. The maximum absolute atomic E-state index is 13.1. The van der Waals surface area contributed by atoms with Crippen molar-refractivity contribution in [1.82, 2.24) is 9.80 Å². The summed E-state index contributed by atoms with van der Waals surface area (Å²) in [4.78, 5) is 55.0. The summed E-state index contributed by atoms with van der Waals surface area (Å²) in [5, 5.41) is 0. The van der Waals surface area contributed by atoms with Crippen LogP contribution in [0.4, 0.5) is 0 Å². The number of nitrogens with zero attached hydrogens (tertiary/aromatic N) is 2. The van der Waals surface area contributed by atoms with Crippen LogP contribution < -0.4 is 0 Å². The zero-order chi connectivity index (χ0) is 21.8. The van der Waals surface area contributed by atoms with Crippen molar-refractivity contribution in [3.8, 4) is 0 Å². The topological polar surface area (TPSA) is 93.2 Å². The van der Waals surface area contributed by atoms with Crippen LogP contribution in [-0.2, 0) is 28.7 Å². The second kappa shape index (κ2) is 6.13. The summed E-state index contributed by atoms with van der Waals surface area (Å²) in [6, 6.07) is -0.308. The summed E-state index contributed by atoms with van der Waals surface area (Å²) < 4.78 is 11.4. The number of ether oxygens (including phenoxy) is 2. The largest absolute Gasteiger partial charge is 0.365 e. The second-order valence-corrected chi connectivity index (χ2v) is 10.3. The lowest BCUT2D eigenvalue weighted by molar-refractivity contribution is -0.151. The van der Waals surface area contributed by atoms with Gasteiger partial charge in [-0.25, -0.2) is 0 Å². The Morgan fingerprint density at radius 3 is 1.58 bits per heavy atom. The standard InChI is InChI=1S/C23H26N2O6/c1-10(24-19(26)15-11-4-5-12(30-11)16(15)20(24)27)8-9-23(2,3)25-21(28)17-13-6-7-14(31-13)18(17)22(25)29/h4-7,10-18H,8-9H2,1-3H3. The molecule has 6 heterocycles. The van der Waals surface area contributed by atoms with Crippen molar-refractivity contribution in [3.63, 3.8) is 0 Å². The Morgan fingerprint density at radius 1 is 0.774 bits per heavy atom. The highest BCUT2D eigenvalue weighted by molar-refractivity contribution is 6.08. The molecule has 0 aromatic rings. The molecular formula is C23H26N2O6. The van der Waals surface area contributed by atoms with E-state index in [0.29, 0.717) is 12.8 Å². The summed E-state index contributed by atoms with van der Waals surface area (Å²) in [5.41, 5.74) is -0.711. The molecule has 0 spiro atoms. The van der Waals surface area contributed by atoms with Gasteiger partial charge in [-0.3, -0.25) is 29.0 Å². The monoisotopic (exact) mass is 426 g/mol. The molecule has 6 aliphatic heterocycles. The van der Waals surface area contributed by atoms with Crippen LogP contribution >= 0.6 is 0 Å². The first-order valence-electron chi connectivity index (χ1n) is 11.1. The Balaban J connectivity index is 1.15. The number of carbonyl (C=O) groups excluding carboxylic acids is 4. The van der Waals surface area contributed by atoms with Crippen LogP contribution in [0.15, 0.2) is 24.3 Å². The predicted octanol–water partition coefficient (Wildman–Crippen LogP) is 0.811. The summed E-state index contributed by atoms with van der Waals surface area (Å²) in [6.45, 7) is 5.63. The number of likely N-dealkylation sites (tertiary alicyclic amines) is 2. The predicted molar refractivity (Wildman–Crippen MR) is 106 cm³/mol. The quantitative estimate of drug-likeness (QED) is 0.477. The lowest BCUT2D eigenvalue weighted by Crippen LogP contribution is -2.50. The van der Waals surface area contributed by atoms with E-state index in [1.807, 2.05) is 45.1 Å². The first kappa shape index (κ1) is 19.4. The van der Waals surface area contributed by atoms with Gasteiger partial charge < -0.3 is 9.47 Å². The van der Waals surface area contributed by atoms with Crippen LogP contribution in [0.1, 0.15) is 33.6 Å². The van der Waals surface area contributed by atoms with Crippen LogP contribution in [0, 0.1) is 23.7 Å². The summed E-state index contributed by atoms with van der Waals surface area (Å²) in [6.07, 6.45) is 7.31. The van der Waals surface area contributed by atoms with Gasteiger partial charge in [0.15, 0.2) is 0 Å². The number of fused-ring (bicyclic) bond motifs is 10. The number of amides is 4. The molecule has 8 nitrogen and oxygen atoms in total. The minimum absolute atomic E-state index is 0.167. The number of carbonyl (C=O) groups is 4. The molecule has 0 aromatic heterocycles. The van der Waals surface area contributed by atoms with E-state index in [1.165, 1.54) is 9.80 Å². The van der Waals surface area contributed by atoms with Gasteiger partial charge in [0.2, 0.25) is 23.6 Å². The molecular weight excluding hydrogens is 400 g/mol. The molecule has 4 bridgehead atoms. The van der Waals surface area contributed by atoms with E-state index in [1.54, 1.807) is 0 Å². The minimum atomic E-state index is -0.711. The van der Waals surface area contributed by atoms with Gasteiger partial charge in [0, 0.05) is 11.6 Å². The van der Waals surface area contributed by atoms with Gasteiger partial charge in [0.1, 0.15) is 0 Å². The van der Waals surface area contributed by atoms with Crippen molar-refractivity contribution >= 4 is 23.6 Å². The highest BCUT2D eigenvalue weighted by Gasteiger charge is 2.63. The van der Waals surface area contributed by atoms with Crippen molar-refractivity contribution in [1.29, 1.82) is 0 Å². The second-order valence-electron chi connectivity index (χ2n) is 10.3. The molecule has 4 amide bonds. The molecule has 9 atom stereocenters. The molecule has 6 rings (SSSR count). The number of imide groups is 2. The van der Waals surface area contributed by atoms with Gasteiger partial charge >= 0.3 is 0 Å². The van der Waals surface area contributed by atoms with Gasteiger partial charge in [-0.2, -0.15) is 0 Å². The highest BCUT2D eigenvalue weighted by Crippen LogP contribution is 2.48. The van der Waals surface area contributed by atoms with E-state index >= 15 is 0 Å². The van der Waals surface area contributed by atoms with Crippen molar-refractivity contribution in [3.05, 3.63) is 24.3 Å². The summed E-state index contributed by atoms with van der Waals surface area (Å²) in [5.74, 6) is -2.37. The molecule has 4 saturated heterocycles. The van der Waals surface area contributed by atoms with Crippen LogP contribution in [0.5, 0.6) is 0 Å². The molecule has 6 aliphatic rings. The molecule has 0 radical (unpaired) electrons. The van der Waals surface area contributed by atoms with E-state index in [4.69, 9.17) is 9.47 Å². The SMILES string of the molecule is CC(CCC(C)(C)N1C(=O)C2C3C=CC(O3)C2C1=O)N1C(=O)C2C3C=CC(O3)C2C1=O. The molecule has 0 aromatic carbocycles. The molecule has 31 heavy (non-hydrogen) atoms. The third-order valence-electron chi connectivity index (χ3n) is 8.08. The third kappa shape index (κ3) is 2.37. The van der Waals surface area contributed by atoms with Crippen molar-refractivity contribution in [2.24, 2.45) is 23.7 Å². The maximum atomic E-state index is 13.1. The zero-order valence-corrected chi connectivity index (χ0v) is 17.8. The average Bonchev–Trinajstić information content (AvgIpc) is 3.53. The van der Waals surface area contributed by atoms with Gasteiger partial charge in [-0.05, 0) is 33.6 Å². The Morgan fingerprint density at radius 2 is 1.16 bits per heavy atom. The lowest BCUT2D eigenvalue weighted by atomic mass is 9.85. The number of hydrogen-bond acceptors (Lipinski definition) is 6. The Bertz CT molecular complexity index is 909. The number of hydrogen-bond donors (Lipinski definition) is 0. The normalized spacial score (nSPS) is 43.1. The van der Waals surface area contributed by atoms with Crippen LogP contribution in [0.3, 0.4) is 0 Å². The van der Waals surface area contributed by atoms with E-state index in [0.717, 1.165) is 0 Å².